The van der Waals surface area contributed by atoms with E-state index in [-0.39, 0.29) is 18.1 Å². The molecule has 2 rings (SSSR count). The molecule has 1 aromatic carbocycles. The molecule has 2 N–H and O–H groups in total. The first-order valence-electron chi connectivity index (χ1n) is 7.62. The molecule has 120 valence electrons. The smallest absolute Gasteiger partial charge is 0.305 e. The number of halogens is 1. The minimum Gasteiger partial charge on any atom is -0.305 e. The van der Waals surface area contributed by atoms with Gasteiger partial charge in [-0.05, 0) is 32.0 Å². The van der Waals surface area contributed by atoms with Crippen LogP contribution in [0.25, 0.3) is 0 Å². The summed E-state index contributed by atoms with van der Waals surface area (Å²) >= 11 is 0. The maximum atomic E-state index is 13.4. The lowest BCUT2D eigenvalue weighted by Gasteiger charge is -2.30. The molecule has 0 bridgehead atoms. The molecule has 0 radical (unpaired) electrons. The molecule has 0 saturated heterocycles. The van der Waals surface area contributed by atoms with Crippen molar-refractivity contribution in [3.63, 3.8) is 0 Å². The van der Waals surface area contributed by atoms with Crippen molar-refractivity contribution in [3.8, 4) is 0 Å². The second-order valence-electron chi connectivity index (χ2n) is 5.69. The lowest BCUT2D eigenvalue weighted by atomic mass is 9.94. The van der Waals surface area contributed by atoms with Gasteiger partial charge in [-0.2, -0.15) is 0 Å². The lowest BCUT2D eigenvalue weighted by molar-refractivity contribution is -0.121. The molecule has 1 aliphatic carbocycles. The van der Waals surface area contributed by atoms with Crippen LogP contribution in [-0.2, 0) is 4.79 Å². The summed E-state index contributed by atoms with van der Waals surface area (Å²) in [6.45, 7) is 0.162. The van der Waals surface area contributed by atoms with E-state index in [1.807, 2.05) is 11.9 Å². The Hall–Kier alpha value is -1.95. The Morgan fingerprint density at radius 2 is 1.91 bits per heavy atom. The third kappa shape index (κ3) is 4.80. The first-order valence-corrected chi connectivity index (χ1v) is 7.62. The van der Waals surface area contributed by atoms with Crippen LogP contribution >= 0.6 is 0 Å². The van der Waals surface area contributed by atoms with Gasteiger partial charge in [0.2, 0.25) is 5.91 Å². The van der Waals surface area contributed by atoms with Crippen molar-refractivity contribution in [2.45, 2.75) is 38.1 Å². The van der Waals surface area contributed by atoms with E-state index < -0.39 is 11.8 Å². The van der Waals surface area contributed by atoms with Crippen molar-refractivity contribution in [2.75, 3.05) is 18.9 Å². The quantitative estimate of drug-likeness (QED) is 0.899. The first kappa shape index (κ1) is 16.4. The largest absolute Gasteiger partial charge is 0.326 e. The summed E-state index contributed by atoms with van der Waals surface area (Å²) < 4.78 is 13.4. The van der Waals surface area contributed by atoms with E-state index in [1.54, 1.807) is 6.07 Å². The van der Waals surface area contributed by atoms with Crippen LogP contribution in [-0.4, -0.2) is 36.5 Å². The molecular weight excluding hydrogens is 285 g/mol. The van der Waals surface area contributed by atoms with Crippen molar-refractivity contribution in [1.29, 1.82) is 0 Å². The van der Waals surface area contributed by atoms with Gasteiger partial charge in [-0.25, -0.2) is 9.18 Å². The highest BCUT2D eigenvalue weighted by atomic mass is 19.1. The zero-order valence-corrected chi connectivity index (χ0v) is 12.8. The third-order valence-corrected chi connectivity index (χ3v) is 3.97. The molecule has 0 unspecified atom stereocenters. The third-order valence-electron chi connectivity index (χ3n) is 3.97. The van der Waals surface area contributed by atoms with E-state index >= 15 is 0 Å². The average molecular weight is 307 g/mol. The van der Waals surface area contributed by atoms with Gasteiger partial charge in [0.05, 0.1) is 12.2 Å². The van der Waals surface area contributed by atoms with Gasteiger partial charge in [-0.15, -0.1) is 0 Å². The van der Waals surface area contributed by atoms with E-state index in [2.05, 4.69) is 10.6 Å². The summed E-state index contributed by atoms with van der Waals surface area (Å²) in [7, 11) is 1.89. The molecule has 0 aliphatic heterocycles. The molecule has 1 fully saturated rings. The number of para-hydroxylation sites is 1. The number of carbonyl (C=O) groups excluding carboxylic acids is 2. The molecule has 1 saturated carbocycles. The average Bonchev–Trinajstić information content (AvgIpc) is 2.50. The van der Waals surface area contributed by atoms with E-state index in [0.29, 0.717) is 6.04 Å². The van der Waals surface area contributed by atoms with E-state index in [9.17, 15) is 14.0 Å². The van der Waals surface area contributed by atoms with Gasteiger partial charge in [0.25, 0.3) is 0 Å². The number of nitrogens with zero attached hydrogens (tertiary/aromatic N) is 1. The summed E-state index contributed by atoms with van der Waals surface area (Å²) in [5.74, 6) is -0.925. The fourth-order valence-corrected chi connectivity index (χ4v) is 2.76. The van der Waals surface area contributed by atoms with Crippen LogP contribution in [0.3, 0.4) is 0 Å². The van der Waals surface area contributed by atoms with Crippen molar-refractivity contribution in [1.82, 2.24) is 10.2 Å². The SMILES string of the molecule is CN(CC(=O)NC(=O)Nc1ccccc1F)C1CCCCC1. The van der Waals surface area contributed by atoms with Crippen LogP contribution in [0.5, 0.6) is 0 Å². The topological polar surface area (TPSA) is 61.4 Å². The Bertz CT molecular complexity index is 530. The van der Waals surface area contributed by atoms with Gasteiger partial charge < -0.3 is 5.32 Å². The highest BCUT2D eigenvalue weighted by Gasteiger charge is 2.20. The van der Waals surface area contributed by atoms with Crippen molar-refractivity contribution in [2.24, 2.45) is 0 Å². The predicted molar refractivity (Wildman–Crippen MR) is 83.1 cm³/mol. The number of imide groups is 1. The van der Waals surface area contributed by atoms with Gasteiger partial charge in [0, 0.05) is 6.04 Å². The maximum Gasteiger partial charge on any atom is 0.326 e. The zero-order chi connectivity index (χ0) is 15.9. The van der Waals surface area contributed by atoms with Crippen LogP contribution in [0.4, 0.5) is 14.9 Å². The minimum absolute atomic E-state index is 0.0495. The predicted octanol–water partition coefficient (Wildman–Crippen LogP) is 2.74. The second kappa shape index (κ2) is 7.89. The number of benzene rings is 1. The Kier molecular flexibility index (Phi) is 5.89. The molecular formula is C16H22FN3O2. The van der Waals surface area contributed by atoms with Crippen LogP contribution in [0.15, 0.2) is 24.3 Å². The van der Waals surface area contributed by atoms with Crippen molar-refractivity contribution >= 4 is 17.6 Å². The number of hydrogen-bond acceptors (Lipinski definition) is 3. The van der Waals surface area contributed by atoms with Crippen molar-refractivity contribution in [3.05, 3.63) is 30.1 Å². The first-order chi connectivity index (χ1) is 10.6. The molecule has 0 spiro atoms. The van der Waals surface area contributed by atoms with Gasteiger partial charge in [-0.3, -0.25) is 15.0 Å². The summed E-state index contributed by atoms with van der Waals surface area (Å²) in [6.07, 6.45) is 5.80. The van der Waals surface area contributed by atoms with Crippen LogP contribution in [0.2, 0.25) is 0 Å². The number of anilines is 1. The fourth-order valence-electron chi connectivity index (χ4n) is 2.76. The molecule has 3 amide bonds. The summed E-state index contributed by atoms with van der Waals surface area (Å²) in [4.78, 5) is 25.6. The maximum absolute atomic E-state index is 13.4. The van der Waals surface area contributed by atoms with Crippen molar-refractivity contribution < 1.29 is 14.0 Å². The van der Waals surface area contributed by atoms with E-state index in [1.165, 1.54) is 37.5 Å². The molecule has 6 heteroatoms. The van der Waals surface area contributed by atoms with Crippen LogP contribution in [0.1, 0.15) is 32.1 Å². The highest BCUT2D eigenvalue weighted by Crippen LogP contribution is 2.21. The number of carbonyl (C=O) groups is 2. The Morgan fingerprint density at radius 1 is 1.23 bits per heavy atom. The Labute approximate surface area is 129 Å². The highest BCUT2D eigenvalue weighted by molar-refractivity contribution is 6.01. The molecule has 1 aliphatic rings. The minimum atomic E-state index is -0.716. The number of amides is 3. The van der Waals surface area contributed by atoms with Gasteiger partial charge in [0.1, 0.15) is 5.82 Å². The molecule has 22 heavy (non-hydrogen) atoms. The number of rotatable bonds is 4. The number of nitrogens with one attached hydrogen (secondary N) is 2. The van der Waals surface area contributed by atoms with Gasteiger partial charge in [0.15, 0.2) is 0 Å². The second-order valence-corrected chi connectivity index (χ2v) is 5.69. The number of hydrogen-bond donors (Lipinski definition) is 2. The van der Waals surface area contributed by atoms with E-state index in [4.69, 9.17) is 0 Å². The zero-order valence-electron chi connectivity index (χ0n) is 12.8. The van der Waals surface area contributed by atoms with Crippen LogP contribution < -0.4 is 10.6 Å². The fraction of sp³-hybridized carbons (Fsp3) is 0.500. The molecule has 0 heterocycles. The van der Waals surface area contributed by atoms with Gasteiger partial charge in [-0.1, -0.05) is 31.4 Å². The normalized spacial score (nSPS) is 15.6. The van der Waals surface area contributed by atoms with Gasteiger partial charge >= 0.3 is 6.03 Å². The molecule has 5 nitrogen and oxygen atoms in total. The van der Waals surface area contributed by atoms with Crippen LogP contribution in [0, 0.1) is 5.82 Å². The standard InChI is InChI=1S/C16H22FN3O2/c1-20(12-7-3-2-4-8-12)11-15(21)19-16(22)18-14-10-6-5-9-13(14)17/h5-6,9-10,12H,2-4,7-8,11H2,1H3,(H2,18,19,21,22). The Morgan fingerprint density at radius 3 is 2.59 bits per heavy atom. The Balaban J connectivity index is 1.78. The molecule has 0 atom stereocenters. The van der Waals surface area contributed by atoms with E-state index in [0.717, 1.165) is 12.8 Å². The summed E-state index contributed by atoms with van der Waals surface area (Å²) in [5.41, 5.74) is 0.0495. The number of urea groups is 1. The monoisotopic (exact) mass is 307 g/mol. The number of likely N-dealkylation sites (N-methyl/N-ethyl adjacent to an activating group) is 1. The molecule has 1 aromatic rings. The summed E-state index contributed by atoms with van der Waals surface area (Å²) in [6, 6.07) is 5.50. The summed E-state index contributed by atoms with van der Waals surface area (Å²) in [5, 5.41) is 4.56. The molecule has 0 aromatic heterocycles. The lowest BCUT2D eigenvalue weighted by Crippen LogP contribution is -2.44.